The molecule has 0 saturated carbocycles. The lowest BCUT2D eigenvalue weighted by Crippen LogP contribution is -2.37. The zero-order valence-corrected chi connectivity index (χ0v) is 6.86. The highest BCUT2D eigenvalue weighted by Gasteiger charge is 2.24. The van der Waals surface area contributed by atoms with Crippen LogP contribution in [0.4, 0.5) is 5.69 Å². The van der Waals surface area contributed by atoms with Crippen molar-refractivity contribution in [3.63, 3.8) is 0 Å². The van der Waals surface area contributed by atoms with Crippen molar-refractivity contribution in [1.29, 1.82) is 0 Å². The summed E-state index contributed by atoms with van der Waals surface area (Å²) in [4.78, 5) is 10.6. The fraction of sp³-hybridized carbons (Fsp3) is 0.222. The fourth-order valence-corrected chi connectivity index (χ4v) is 1.25. The van der Waals surface area contributed by atoms with E-state index in [1.807, 2.05) is 18.2 Å². The molecule has 0 aliphatic carbocycles. The minimum absolute atomic E-state index is 0.312. The lowest BCUT2D eigenvalue weighted by Gasteiger charge is -2.24. The molecule has 0 unspecified atom stereocenters. The SMILES string of the molecule is O=C(O)[C@H]1CNc2ccccc2O1. The van der Waals surface area contributed by atoms with Gasteiger partial charge in [0.25, 0.3) is 0 Å². The molecule has 0 radical (unpaired) electrons. The predicted molar refractivity (Wildman–Crippen MR) is 47.0 cm³/mol. The van der Waals surface area contributed by atoms with Crippen molar-refractivity contribution in [2.75, 3.05) is 11.9 Å². The molecule has 1 aliphatic rings. The van der Waals surface area contributed by atoms with E-state index in [0.717, 1.165) is 5.69 Å². The first-order valence-corrected chi connectivity index (χ1v) is 4.00. The Hall–Kier alpha value is -1.71. The Balaban J connectivity index is 2.24. The highest BCUT2D eigenvalue weighted by atomic mass is 16.5. The monoisotopic (exact) mass is 179 g/mol. The zero-order valence-electron chi connectivity index (χ0n) is 6.86. The van der Waals surface area contributed by atoms with Crippen LogP contribution in [0.3, 0.4) is 0 Å². The predicted octanol–water partition coefficient (Wildman–Crippen LogP) is 0.944. The van der Waals surface area contributed by atoms with Crippen LogP contribution in [0.15, 0.2) is 24.3 Å². The van der Waals surface area contributed by atoms with Gasteiger partial charge < -0.3 is 15.2 Å². The largest absolute Gasteiger partial charge is 0.478 e. The van der Waals surface area contributed by atoms with Crippen LogP contribution in [0.1, 0.15) is 0 Å². The number of aliphatic carboxylic acids is 1. The minimum atomic E-state index is -0.943. The fourth-order valence-electron chi connectivity index (χ4n) is 1.25. The van der Waals surface area contributed by atoms with Crippen LogP contribution in [0.25, 0.3) is 0 Å². The van der Waals surface area contributed by atoms with Crippen molar-refractivity contribution in [2.24, 2.45) is 0 Å². The Morgan fingerprint density at radius 1 is 1.54 bits per heavy atom. The summed E-state index contributed by atoms with van der Waals surface area (Å²) in [5.41, 5.74) is 0.847. The first-order chi connectivity index (χ1) is 6.27. The van der Waals surface area contributed by atoms with E-state index in [2.05, 4.69) is 5.32 Å². The number of benzene rings is 1. The van der Waals surface area contributed by atoms with Crippen LogP contribution in [0, 0.1) is 0 Å². The van der Waals surface area contributed by atoms with E-state index in [1.165, 1.54) is 0 Å². The first-order valence-electron chi connectivity index (χ1n) is 4.00. The number of anilines is 1. The third kappa shape index (κ3) is 1.42. The number of para-hydroxylation sites is 2. The number of carbonyl (C=O) groups is 1. The molecule has 0 saturated heterocycles. The van der Waals surface area contributed by atoms with Crippen molar-refractivity contribution < 1.29 is 14.6 Å². The number of fused-ring (bicyclic) bond motifs is 1. The molecule has 0 fully saturated rings. The van der Waals surface area contributed by atoms with Crippen molar-refractivity contribution in [2.45, 2.75) is 6.10 Å². The third-order valence-electron chi connectivity index (χ3n) is 1.91. The normalized spacial score (nSPS) is 19.5. The minimum Gasteiger partial charge on any atom is -0.478 e. The van der Waals surface area contributed by atoms with Gasteiger partial charge in [-0.2, -0.15) is 0 Å². The molecule has 13 heavy (non-hydrogen) atoms. The van der Waals surface area contributed by atoms with Gasteiger partial charge in [-0.3, -0.25) is 0 Å². The molecule has 4 nitrogen and oxygen atoms in total. The zero-order chi connectivity index (χ0) is 9.26. The lowest BCUT2D eigenvalue weighted by molar-refractivity contribution is -0.144. The van der Waals surface area contributed by atoms with E-state index in [4.69, 9.17) is 9.84 Å². The maximum absolute atomic E-state index is 10.6. The Morgan fingerprint density at radius 3 is 3.08 bits per heavy atom. The van der Waals surface area contributed by atoms with Gasteiger partial charge in [-0.1, -0.05) is 12.1 Å². The molecule has 2 rings (SSSR count). The van der Waals surface area contributed by atoms with Crippen LogP contribution < -0.4 is 10.1 Å². The van der Waals surface area contributed by atoms with Gasteiger partial charge >= 0.3 is 5.97 Å². The number of carboxylic acids is 1. The van der Waals surface area contributed by atoms with Gasteiger partial charge in [0.1, 0.15) is 5.75 Å². The van der Waals surface area contributed by atoms with Crippen LogP contribution in [0.5, 0.6) is 5.75 Å². The van der Waals surface area contributed by atoms with Crippen LogP contribution in [0.2, 0.25) is 0 Å². The van der Waals surface area contributed by atoms with Crippen LogP contribution >= 0.6 is 0 Å². The number of hydrogen-bond donors (Lipinski definition) is 2. The summed E-state index contributed by atoms with van der Waals surface area (Å²) in [6.45, 7) is 0.312. The topological polar surface area (TPSA) is 58.6 Å². The van der Waals surface area contributed by atoms with E-state index in [0.29, 0.717) is 12.3 Å². The molecule has 1 heterocycles. The van der Waals surface area contributed by atoms with E-state index in [-0.39, 0.29) is 0 Å². The summed E-state index contributed by atoms with van der Waals surface area (Å²) in [5.74, 6) is -0.344. The van der Waals surface area contributed by atoms with Crippen molar-refractivity contribution >= 4 is 11.7 Å². The molecule has 1 atom stereocenters. The van der Waals surface area contributed by atoms with E-state index in [1.54, 1.807) is 6.07 Å². The second-order valence-electron chi connectivity index (χ2n) is 2.82. The van der Waals surface area contributed by atoms with Gasteiger partial charge in [-0.05, 0) is 12.1 Å². The number of carboxylic acid groups (broad SMARTS) is 1. The molecule has 1 aromatic carbocycles. The first kappa shape index (κ1) is 7.91. The number of rotatable bonds is 1. The highest BCUT2D eigenvalue weighted by molar-refractivity contribution is 5.75. The molecule has 0 bridgehead atoms. The van der Waals surface area contributed by atoms with Gasteiger partial charge in [0.2, 0.25) is 6.10 Å². The van der Waals surface area contributed by atoms with Crippen molar-refractivity contribution in [3.8, 4) is 5.75 Å². The Bertz CT molecular complexity index is 337. The Kier molecular flexibility index (Phi) is 1.81. The van der Waals surface area contributed by atoms with Gasteiger partial charge in [0, 0.05) is 0 Å². The van der Waals surface area contributed by atoms with Crippen LogP contribution in [-0.4, -0.2) is 23.7 Å². The van der Waals surface area contributed by atoms with E-state index in [9.17, 15) is 4.79 Å². The van der Waals surface area contributed by atoms with Gasteiger partial charge in [0.05, 0.1) is 12.2 Å². The second kappa shape index (κ2) is 2.97. The maximum Gasteiger partial charge on any atom is 0.346 e. The average molecular weight is 179 g/mol. The molecule has 68 valence electrons. The summed E-state index contributed by atoms with van der Waals surface area (Å²) in [6, 6.07) is 7.28. The number of hydrogen-bond acceptors (Lipinski definition) is 3. The third-order valence-corrected chi connectivity index (χ3v) is 1.91. The smallest absolute Gasteiger partial charge is 0.346 e. The summed E-state index contributed by atoms with van der Waals surface area (Å²) in [6.07, 6.45) is -0.783. The molecular formula is C9H9NO3. The quantitative estimate of drug-likeness (QED) is 0.673. The maximum atomic E-state index is 10.6. The molecule has 0 amide bonds. The molecule has 4 heteroatoms. The molecule has 0 aromatic heterocycles. The summed E-state index contributed by atoms with van der Waals surface area (Å²) in [5, 5.41) is 11.7. The van der Waals surface area contributed by atoms with Crippen molar-refractivity contribution in [3.05, 3.63) is 24.3 Å². The summed E-state index contributed by atoms with van der Waals surface area (Å²) >= 11 is 0. The lowest BCUT2D eigenvalue weighted by atomic mass is 10.2. The van der Waals surface area contributed by atoms with Gasteiger partial charge in [-0.25, -0.2) is 4.79 Å². The molecule has 0 spiro atoms. The van der Waals surface area contributed by atoms with E-state index < -0.39 is 12.1 Å². The average Bonchev–Trinajstić information content (AvgIpc) is 2.17. The van der Waals surface area contributed by atoms with Crippen LogP contribution in [-0.2, 0) is 4.79 Å². The summed E-state index contributed by atoms with van der Waals surface area (Å²) in [7, 11) is 0. The number of nitrogens with one attached hydrogen (secondary N) is 1. The van der Waals surface area contributed by atoms with Gasteiger partial charge in [-0.15, -0.1) is 0 Å². The van der Waals surface area contributed by atoms with Crippen molar-refractivity contribution in [1.82, 2.24) is 0 Å². The molecular weight excluding hydrogens is 170 g/mol. The molecule has 1 aliphatic heterocycles. The summed E-state index contributed by atoms with van der Waals surface area (Å²) < 4.78 is 5.23. The molecule has 2 N–H and O–H groups in total. The van der Waals surface area contributed by atoms with E-state index >= 15 is 0 Å². The van der Waals surface area contributed by atoms with Gasteiger partial charge in [0.15, 0.2) is 0 Å². The number of ether oxygens (including phenoxy) is 1. The second-order valence-corrected chi connectivity index (χ2v) is 2.82. The highest BCUT2D eigenvalue weighted by Crippen LogP contribution is 2.27. The Morgan fingerprint density at radius 2 is 2.31 bits per heavy atom. The molecule has 1 aromatic rings. The standard InChI is InChI=1S/C9H9NO3/c11-9(12)8-5-10-6-3-1-2-4-7(6)13-8/h1-4,8,10H,5H2,(H,11,12)/t8-/m1/s1. The Labute approximate surface area is 75.1 Å².